The van der Waals surface area contributed by atoms with Crippen LogP contribution in [0.2, 0.25) is 0 Å². The zero-order chi connectivity index (χ0) is 43.3. The number of hydrogen-bond donors (Lipinski definition) is 1. The van der Waals surface area contributed by atoms with Gasteiger partial charge in [0.1, 0.15) is 19.8 Å². The van der Waals surface area contributed by atoms with Gasteiger partial charge in [0.05, 0.1) is 40.0 Å². The Morgan fingerprint density at radius 1 is 0.627 bits per heavy atom. The molecule has 0 aromatic carbocycles. The summed E-state index contributed by atoms with van der Waals surface area (Å²) in [4.78, 5) is 35.4. The van der Waals surface area contributed by atoms with E-state index in [-0.39, 0.29) is 26.1 Å². The lowest BCUT2D eigenvalue weighted by molar-refractivity contribution is -0.870. The molecule has 1 fully saturated rings. The van der Waals surface area contributed by atoms with Gasteiger partial charge in [0, 0.05) is 12.8 Å². The highest BCUT2D eigenvalue weighted by Gasteiger charge is 2.36. The van der Waals surface area contributed by atoms with E-state index in [1.54, 1.807) is 0 Å². The maximum Gasteiger partial charge on any atom is 0.472 e. The lowest BCUT2D eigenvalue weighted by atomic mass is 10.1. The molecule has 1 heterocycles. The van der Waals surface area contributed by atoms with Crippen LogP contribution in [0.4, 0.5) is 0 Å². The first-order valence-corrected chi connectivity index (χ1v) is 23.9. The van der Waals surface area contributed by atoms with Crippen molar-refractivity contribution >= 4 is 19.8 Å². The number of hydrogen-bond acceptors (Lipinski definition) is 8. The van der Waals surface area contributed by atoms with Crippen LogP contribution >= 0.6 is 7.82 Å². The van der Waals surface area contributed by atoms with Gasteiger partial charge in [-0.3, -0.25) is 18.6 Å². The van der Waals surface area contributed by atoms with Crippen molar-refractivity contribution in [3.8, 4) is 0 Å². The molecule has 0 aromatic rings. The summed E-state index contributed by atoms with van der Waals surface area (Å²) in [7, 11) is 1.40. The van der Waals surface area contributed by atoms with E-state index in [2.05, 4.69) is 86.8 Å². The lowest BCUT2D eigenvalue weighted by Crippen LogP contribution is -2.37. The summed E-state index contributed by atoms with van der Waals surface area (Å²) in [6.45, 7) is 4.14. The second kappa shape index (κ2) is 35.9. The Bertz CT molecular complexity index is 1340. The van der Waals surface area contributed by atoms with Crippen LogP contribution in [-0.2, 0) is 37.4 Å². The second-order valence-corrected chi connectivity index (χ2v) is 17.5. The molecule has 10 nitrogen and oxygen atoms in total. The first-order chi connectivity index (χ1) is 28.5. The Hall–Kier alpha value is -2.85. The number of nitrogens with zero attached hydrogens (tertiary/aromatic N) is 1. The van der Waals surface area contributed by atoms with Crippen LogP contribution < -0.4 is 0 Å². The number of ether oxygens (including phenoxy) is 3. The molecule has 1 saturated heterocycles. The van der Waals surface area contributed by atoms with E-state index in [0.29, 0.717) is 36.1 Å². The summed E-state index contributed by atoms with van der Waals surface area (Å²) in [6.07, 6.45) is 48.3. The van der Waals surface area contributed by atoms with Crippen LogP contribution in [-0.4, -0.2) is 87.1 Å². The molecular weight excluding hydrogens is 766 g/mol. The van der Waals surface area contributed by atoms with Crippen LogP contribution in [0, 0.1) is 0 Å². The molecule has 0 radical (unpaired) electrons. The van der Waals surface area contributed by atoms with Gasteiger partial charge < -0.3 is 23.6 Å². The first-order valence-electron chi connectivity index (χ1n) is 22.4. The molecule has 1 aliphatic heterocycles. The number of unbranched alkanes of at least 4 members (excludes halogenated alkanes) is 8. The minimum atomic E-state index is -4.41. The van der Waals surface area contributed by atoms with Gasteiger partial charge >= 0.3 is 19.8 Å². The largest absolute Gasteiger partial charge is 0.472 e. The minimum absolute atomic E-state index is 0.00909. The van der Waals surface area contributed by atoms with Crippen LogP contribution in [0.1, 0.15) is 142 Å². The molecule has 1 N–H and O–H groups in total. The highest BCUT2D eigenvalue weighted by atomic mass is 31.2. The molecule has 1 aliphatic rings. The van der Waals surface area contributed by atoms with Crippen LogP contribution in [0.3, 0.4) is 0 Å². The summed E-state index contributed by atoms with van der Waals surface area (Å²) in [5, 5.41) is 0. The Labute approximate surface area is 358 Å². The molecule has 1 rings (SSSR count). The average Bonchev–Trinajstić information content (AvgIpc) is 3.94. The number of carbonyl (C=O) groups is 2. The number of carbonyl (C=O) groups excluding carboxylic acids is 2. The molecule has 0 aliphatic carbocycles. The fourth-order valence-electron chi connectivity index (χ4n) is 5.70. The molecule has 0 bridgehead atoms. The molecule has 336 valence electrons. The van der Waals surface area contributed by atoms with Crippen LogP contribution in [0.25, 0.3) is 0 Å². The van der Waals surface area contributed by atoms with Crippen LogP contribution in [0.15, 0.2) is 85.1 Å². The first kappa shape index (κ1) is 54.2. The number of quaternary nitrogens is 1. The van der Waals surface area contributed by atoms with E-state index in [0.717, 1.165) is 77.0 Å². The van der Waals surface area contributed by atoms with Gasteiger partial charge in [0.2, 0.25) is 0 Å². The van der Waals surface area contributed by atoms with Crippen molar-refractivity contribution in [3.63, 3.8) is 0 Å². The minimum Gasteiger partial charge on any atom is -0.462 e. The number of phosphoric acid groups is 1. The maximum atomic E-state index is 12.7. The number of allylic oxidation sites excluding steroid dienone is 12. The quantitative estimate of drug-likeness (QED) is 0.0162. The Morgan fingerprint density at radius 3 is 1.75 bits per heavy atom. The Kier molecular flexibility index (Phi) is 32.9. The molecular formula is C48H81NO9P+. The van der Waals surface area contributed by atoms with Gasteiger partial charge in [-0.1, -0.05) is 131 Å². The Balaban J connectivity index is 2.34. The highest BCUT2D eigenvalue weighted by Crippen LogP contribution is 2.43. The van der Waals surface area contributed by atoms with Crippen molar-refractivity contribution < 1.29 is 46.8 Å². The van der Waals surface area contributed by atoms with E-state index in [1.807, 2.05) is 33.3 Å². The molecule has 0 saturated carbocycles. The third-order valence-corrected chi connectivity index (χ3v) is 10.3. The number of epoxide rings is 1. The zero-order valence-corrected chi connectivity index (χ0v) is 38.3. The summed E-state index contributed by atoms with van der Waals surface area (Å²) in [6, 6.07) is 0. The SMILES string of the molecule is CC/C=C\CC1OC1C/C=C\C/C=C\C/C=C\C/C=C\CCC(=O)O[C@H](COC(=O)CCCCCCC/C=C\C/C=C\CCCCC)COP(=O)(O)OCC[N+](C)(C)C. The summed E-state index contributed by atoms with van der Waals surface area (Å²) < 4.78 is 39.9. The monoisotopic (exact) mass is 847 g/mol. The predicted molar refractivity (Wildman–Crippen MR) is 242 cm³/mol. The summed E-state index contributed by atoms with van der Waals surface area (Å²) >= 11 is 0. The average molecular weight is 847 g/mol. The summed E-state index contributed by atoms with van der Waals surface area (Å²) in [5.41, 5.74) is 0. The van der Waals surface area contributed by atoms with Gasteiger partial charge in [0.25, 0.3) is 0 Å². The Morgan fingerprint density at radius 2 is 1.15 bits per heavy atom. The molecule has 11 heteroatoms. The van der Waals surface area contributed by atoms with E-state index in [1.165, 1.54) is 25.7 Å². The van der Waals surface area contributed by atoms with Gasteiger partial charge in [-0.15, -0.1) is 0 Å². The molecule has 4 atom stereocenters. The second-order valence-electron chi connectivity index (χ2n) is 16.1. The van der Waals surface area contributed by atoms with E-state index >= 15 is 0 Å². The van der Waals surface area contributed by atoms with Crippen molar-refractivity contribution in [2.24, 2.45) is 0 Å². The van der Waals surface area contributed by atoms with Gasteiger partial charge in [0.15, 0.2) is 6.10 Å². The fraction of sp³-hybridized carbons (Fsp3) is 0.667. The van der Waals surface area contributed by atoms with E-state index in [9.17, 15) is 19.0 Å². The molecule has 0 aromatic heterocycles. The zero-order valence-electron chi connectivity index (χ0n) is 37.4. The van der Waals surface area contributed by atoms with Gasteiger partial charge in [-0.05, 0) is 83.5 Å². The smallest absolute Gasteiger partial charge is 0.462 e. The molecule has 3 unspecified atom stereocenters. The van der Waals surface area contributed by atoms with Crippen LogP contribution in [0.5, 0.6) is 0 Å². The highest BCUT2D eigenvalue weighted by molar-refractivity contribution is 7.47. The van der Waals surface area contributed by atoms with Crippen molar-refractivity contribution in [1.82, 2.24) is 0 Å². The van der Waals surface area contributed by atoms with Crippen molar-refractivity contribution in [2.45, 2.75) is 161 Å². The van der Waals surface area contributed by atoms with Gasteiger partial charge in [-0.2, -0.15) is 0 Å². The number of phosphoric ester groups is 1. The van der Waals surface area contributed by atoms with Gasteiger partial charge in [-0.25, -0.2) is 4.57 Å². The molecule has 59 heavy (non-hydrogen) atoms. The van der Waals surface area contributed by atoms with E-state index in [4.69, 9.17) is 23.3 Å². The molecule has 0 amide bonds. The van der Waals surface area contributed by atoms with Crippen molar-refractivity contribution in [3.05, 3.63) is 85.1 Å². The normalized spacial score (nSPS) is 17.8. The number of rotatable bonds is 38. The fourth-order valence-corrected chi connectivity index (χ4v) is 6.44. The lowest BCUT2D eigenvalue weighted by Gasteiger charge is -2.24. The third kappa shape index (κ3) is 36.7. The predicted octanol–water partition coefficient (Wildman–Crippen LogP) is 11.8. The standard InChI is InChI=1S/C48H80NO9P/c1-6-8-10-11-12-13-14-15-16-17-21-24-27-30-34-38-47(50)54-42-44(43-56-59(52,53)55-41-40-49(3,4)5)57-48(51)39-35-31-28-25-22-19-18-20-23-26-29-33-37-46-45(58-46)36-32-9-7-2/h9,12-13,15-16,19-20,22-23,28-29,31-33,44-46H,6-8,10-11,14,17-18,21,24-27,30,34-43H2,1-5H3/p+1/b13-12-,16-15-,22-19-,23-20-,31-28-,32-9-,33-29-/t44-,45?,46?/m1/s1. The van der Waals surface area contributed by atoms with Crippen molar-refractivity contribution in [1.29, 1.82) is 0 Å². The third-order valence-electron chi connectivity index (χ3n) is 9.33. The van der Waals surface area contributed by atoms with E-state index < -0.39 is 32.5 Å². The maximum absolute atomic E-state index is 12.7. The number of likely N-dealkylation sites (N-methyl/N-ethyl adjacent to an activating group) is 1. The number of esters is 2. The summed E-state index contributed by atoms with van der Waals surface area (Å²) in [5.74, 6) is -0.926. The topological polar surface area (TPSA) is 121 Å². The van der Waals surface area contributed by atoms with Crippen molar-refractivity contribution in [2.75, 3.05) is 47.5 Å². The molecule has 0 spiro atoms.